The molecular formula is C9H11N3O3S. The topological polar surface area (TPSA) is 85.0 Å². The second kappa shape index (κ2) is 3.46. The first-order chi connectivity index (χ1) is 7.45. The summed E-state index contributed by atoms with van der Waals surface area (Å²) in [7, 11) is -0.575. The average molecular weight is 241 g/mol. The number of methoxy groups -OCH3 is 1. The Labute approximate surface area is 93.4 Å². The molecule has 0 aromatic heterocycles. The molecule has 0 amide bonds. The van der Waals surface area contributed by atoms with Crippen LogP contribution in [-0.2, 0) is 10.0 Å². The molecular weight excluding hydrogens is 230 g/mol. The molecule has 0 aliphatic carbocycles. The van der Waals surface area contributed by atoms with E-state index < -0.39 is 10.0 Å². The highest BCUT2D eigenvalue weighted by molar-refractivity contribution is 7.90. The minimum atomic E-state index is -3.61. The van der Waals surface area contributed by atoms with Crippen molar-refractivity contribution >= 4 is 15.9 Å². The van der Waals surface area contributed by atoms with Crippen LogP contribution in [0, 0.1) is 0 Å². The summed E-state index contributed by atoms with van der Waals surface area (Å²) >= 11 is 0. The lowest BCUT2D eigenvalue weighted by atomic mass is 10.2. The number of ether oxygens (including phenoxy) is 1. The third-order valence-electron chi connectivity index (χ3n) is 2.25. The molecule has 16 heavy (non-hydrogen) atoms. The normalized spacial score (nSPS) is 16.6. The Hall–Kier alpha value is -1.60. The Bertz CT molecular complexity index is 563. The Kier molecular flexibility index (Phi) is 2.36. The highest BCUT2D eigenvalue weighted by atomic mass is 32.2. The van der Waals surface area contributed by atoms with Crippen LogP contribution in [-0.4, -0.2) is 33.4 Å². The van der Waals surface area contributed by atoms with Crippen LogP contribution in [0.3, 0.4) is 0 Å². The molecule has 1 aromatic rings. The number of fused-ring (bicyclic) bond motifs is 1. The molecule has 0 fully saturated rings. The minimum absolute atomic E-state index is 0.153. The van der Waals surface area contributed by atoms with Gasteiger partial charge in [0.25, 0.3) is 10.0 Å². The predicted octanol–water partition coefficient (Wildman–Crippen LogP) is -0.0504. The van der Waals surface area contributed by atoms with Crippen molar-refractivity contribution in [3.63, 3.8) is 0 Å². The monoisotopic (exact) mass is 241 g/mol. The van der Waals surface area contributed by atoms with Gasteiger partial charge in [-0.2, -0.15) is 8.42 Å². The Morgan fingerprint density at radius 1 is 1.44 bits per heavy atom. The molecule has 1 aliphatic heterocycles. The van der Waals surface area contributed by atoms with Crippen LogP contribution in [0.15, 0.2) is 27.5 Å². The van der Waals surface area contributed by atoms with Crippen molar-refractivity contribution in [3.8, 4) is 5.75 Å². The molecule has 1 heterocycles. The molecule has 6 nitrogen and oxygen atoms in total. The zero-order chi connectivity index (χ0) is 11.9. The number of benzene rings is 1. The molecule has 7 heteroatoms. The maximum Gasteiger partial charge on any atom is 0.285 e. The molecule has 2 rings (SSSR count). The van der Waals surface area contributed by atoms with E-state index in [0.717, 1.165) is 0 Å². The Morgan fingerprint density at radius 3 is 2.69 bits per heavy atom. The van der Waals surface area contributed by atoms with Crippen molar-refractivity contribution < 1.29 is 13.2 Å². The van der Waals surface area contributed by atoms with Crippen molar-refractivity contribution in [2.75, 3.05) is 14.2 Å². The van der Waals surface area contributed by atoms with Gasteiger partial charge >= 0.3 is 0 Å². The first kappa shape index (κ1) is 10.9. The van der Waals surface area contributed by atoms with Gasteiger partial charge in [-0.15, -0.1) is 4.40 Å². The standard InChI is InChI=1S/C9H11N3O3S/c1-12(10)9-7-5-6(15-2)3-4-8(7)16(13,14)11-9/h3-5H,10H2,1-2H3. The van der Waals surface area contributed by atoms with Crippen molar-refractivity contribution in [3.05, 3.63) is 23.8 Å². The van der Waals surface area contributed by atoms with Gasteiger partial charge in [-0.1, -0.05) is 0 Å². The van der Waals surface area contributed by atoms with Crippen LogP contribution >= 0.6 is 0 Å². The largest absolute Gasteiger partial charge is 0.497 e. The fourth-order valence-electron chi connectivity index (χ4n) is 1.50. The minimum Gasteiger partial charge on any atom is -0.497 e. The van der Waals surface area contributed by atoms with E-state index >= 15 is 0 Å². The smallest absolute Gasteiger partial charge is 0.285 e. The van der Waals surface area contributed by atoms with E-state index in [1.54, 1.807) is 12.1 Å². The van der Waals surface area contributed by atoms with Crippen LogP contribution in [0.1, 0.15) is 5.56 Å². The van der Waals surface area contributed by atoms with E-state index in [0.29, 0.717) is 11.3 Å². The SMILES string of the molecule is COc1ccc2c(c1)C(N(C)N)=NS2(=O)=O. The summed E-state index contributed by atoms with van der Waals surface area (Å²) in [4.78, 5) is 0.153. The lowest BCUT2D eigenvalue weighted by molar-refractivity contribution is 0.414. The van der Waals surface area contributed by atoms with E-state index in [4.69, 9.17) is 10.6 Å². The van der Waals surface area contributed by atoms with E-state index in [1.807, 2.05) is 0 Å². The zero-order valence-corrected chi connectivity index (χ0v) is 9.65. The molecule has 0 radical (unpaired) electrons. The molecule has 0 unspecified atom stereocenters. The number of hydrogen-bond donors (Lipinski definition) is 1. The van der Waals surface area contributed by atoms with Crippen LogP contribution in [0.25, 0.3) is 0 Å². The first-order valence-corrected chi connectivity index (χ1v) is 5.91. The van der Waals surface area contributed by atoms with Gasteiger partial charge in [0.15, 0.2) is 5.84 Å². The Balaban J connectivity index is 2.68. The molecule has 0 bridgehead atoms. The lowest BCUT2D eigenvalue weighted by Gasteiger charge is -2.11. The maximum atomic E-state index is 11.7. The summed E-state index contributed by atoms with van der Waals surface area (Å²) in [6.45, 7) is 0. The number of nitrogens with zero attached hydrogens (tertiary/aromatic N) is 2. The van der Waals surface area contributed by atoms with Gasteiger partial charge in [0, 0.05) is 12.6 Å². The van der Waals surface area contributed by atoms with Gasteiger partial charge in [0.1, 0.15) is 10.6 Å². The highest BCUT2D eigenvalue weighted by Gasteiger charge is 2.30. The summed E-state index contributed by atoms with van der Waals surface area (Å²) in [5, 5.41) is 1.17. The summed E-state index contributed by atoms with van der Waals surface area (Å²) in [6, 6.07) is 4.64. The van der Waals surface area contributed by atoms with Gasteiger partial charge < -0.3 is 4.74 Å². The van der Waals surface area contributed by atoms with Crippen LogP contribution in [0.4, 0.5) is 0 Å². The summed E-state index contributed by atoms with van der Waals surface area (Å²) in [6.07, 6.45) is 0. The second-order valence-corrected chi connectivity index (χ2v) is 4.94. The number of rotatable bonds is 1. The molecule has 0 spiro atoms. The summed E-state index contributed by atoms with van der Waals surface area (Å²) in [5.74, 6) is 6.30. The molecule has 0 saturated heterocycles. The average Bonchev–Trinajstić information content (AvgIpc) is 2.50. The van der Waals surface area contributed by atoms with Crippen LogP contribution in [0.5, 0.6) is 5.75 Å². The van der Waals surface area contributed by atoms with Gasteiger partial charge in [0.2, 0.25) is 0 Å². The van der Waals surface area contributed by atoms with E-state index in [1.165, 1.54) is 25.2 Å². The highest BCUT2D eigenvalue weighted by Crippen LogP contribution is 2.29. The van der Waals surface area contributed by atoms with Gasteiger partial charge in [0.05, 0.1) is 7.11 Å². The van der Waals surface area contributed by atoms with Crippen molar-refractivity contribution in [1.29, 1.82) is 0 Å². The fraction of sp³-hybridized carbons (Fsp3) is 0.222. The van der Waals surface area contributed by atoms with Gasteiger partial charge in [-0.3, -0.25) is 5.01 Å². The summed E-state index contributed by atoms with van der Waals surface area (Å²) in [5.41, 5.74) is 0.462. The van der Waals surface area contributed by atoms with E-state index in [9.17, 15) is 8.42 Å². The van der Waals surface area contributed by atoms with Gasteiger partial charge in [-0.25, -0.2) is 5.84 Å². The van der Waals surface area contributed by atoms with E-state index in [2.05, 4.69) is 4.40 Å². The van der Waals surface area contributed by atoms with E-state index in [-0.39, 0.29) is 10.7 Å². The van der Waals surface area contributed by atoms with Crippen LogP contribution in [0.2, 0.25) is 0 Å². The molecule has 1 aromatic carbocycles. The molecule has 1 aliphatic rings. The van der Waals surface area contributed by atoms with Gasteiger partial charge in [-0.05, 0) is 18.2 Å². The third kappa shape index (κ3) is 1.54. The zero-order valence-electron chi connectivity index (χ0n) is 8.84. The lowest BCUT2D eigenvalue weighted by Crippen LogP contribution is -2.32. The molecule has 86 valence electrons. The Morgan fingerprint density at radius 2 is 2.12 bits per heavy atom. The number of amidine groups is 1. The molecule has 0 atom stereocenters. The first-order valence-electron chi connectivity index (χ1n) is 4.47. The number of hydrogen-bond acceptors (Lipinski definition) is 5. The van der Waals surface area contributed by atoms with Crippen molar-refractivity contribution in [2.45, 2.75) is 4.90 Å². The van der Waals surface area contributed by atoms with Crippen LogP contribution < -0.4 is 10.6 Å². The third-order valence-corrected chi connectivity index (χ3v) is 3.57. The second-order valence-electron chi connectivity index (χ2n) is 3.36. The van der Waals surface area contributed by atoms with Crippen molar-refractivity contribution in [1.82, 2.24) is 5.01 Å². The quantitative estimate of drug-likeness (QED) is 0.550. The molecule has 2 N–H and O–H groups in total. The number of hydrazine groups is 1. The summed E-state index contributed by atoms with van der Waals surface area (Å²) < 4.78 is 31.9. The number of sulfonamides is 1. The fourth-order valence-corrected chi connectivity index (χ4v) is 2.72. The van der Waals surface area contributed by atoms with Crippen molar-refractivity contribution in [2.24, 2.45) is 10.2 Å². The maximum absolute atomic E-state index is 11.7. The number of nitrogens with two attached hydrogens (primary N) is 1. The molecule has 0 saturated carbocycles. The predicted molar refractivity (Wildman–Crippen MR) is 58.7 cm³/mol.